The number of benzene rings is 2. The molecule has 1 unspecified atom stereocenters. The minimum absolute atomic E-state index is 0.0105. The first-order chi connectivity index (χ1) is 16.1. The van der Waals surface area contributed by atoms with Crippen molar-refractivity contribution < 1.29 is 9.59 Å². The van der Waals surface area contributed by atoms with Gasteiger partial charge in [-0.25, -0.2) is 0 Å². The zero-order valence-electron chi connectivity index (χ0n) is 20.0. The lowest BCUT2D eigenvalue weighted by Crippen LogP contribution is -2.43. The van der Waals surface area contributed by atoms with Gasteiger partial charge in [-0.05, 0) is 56.1 Å². The summed E-state index contributed by atoms with van der Waals surface area (Å²) in [7, 11) is 0. The smallest absolute Gasteiger partial charge is 0.226 e. The summed E-state index contributed by atoms with van der Waals surface area (Å²) < 4.78 is 0. The average Bonchev–Trinajstić information content (AvgIpc) is 3.40. The van der Waals surface area contributed by atoms with Gasteiger partial charge < -0.3 is 9.80 Å². The third kappa shape index (κ3) is 6.25. The Morgan fingerprint density at radius 2 is 1.52 bits per heavy atom. The Bertz CT molecular complexity index is 884. The number of rotatable bonds is 8. The largest absolute Gasteiger partial charge is 0.343 e. The highest BCUT2D eigenvalue weighted by Gasteiger charge is 2.31. The van der Waals surface area contributed by atoms with Crippen LogP contribution in [0, 0.1) is 11.8 Å². The number of piperidine rings is 1. The molecule has 2 aromatic carbocycles. The fourth-order valence-electron chi connectivity index (χ4n) is 5.52. The average molecular weight is 447 g/mol. The lowest BCUT2D eigenvalue weighted by Gasteiger charge is -2.35. The van der Waals surface area contributed by atoms with Crippen molar-refractivity contribution in [3.05, 3.63) is 71.8 Å². The van der Waals surface area contributed by atoms with E-state index in [0.717, 1.165) is 63.6 Å². The van der Waals surface area contributed by atoms with E-state index < -0.39 is 0 Å². The zero-order valence-corrected chi connectivity index (χ0v) is 20.0. The Morgan fingerprint density at radius 3 is 2.15 bits per heavy atom. The van der Waals surface area contributed by atoms with E-state index in [9.17, 15) is 9.59 Å². The Hall–Kier alpha value is -2.62. The molecule has 2 amide bonds. The Labute approximate surface area is 199 Å². The lowest BCUT2D eigenvalue weighted by molar-refractivity contribution is -0.139. The molecule has 1 aliphatic carbocycles. The Kier molecular flexibility index (Phi) is 8.20. The summed E-state index contributed by atoms with van der Waals surface area (Å²) in [6.45, 7) is 4.28. The highest BCUT2D eigenvalue weighted by atomic mass is 16.2. The molecule has 0 N–H and O–H groups in total. The van der Waals surface area contributed by atoms with Gasteiger partial charge in [-0.1, -0.05) is 73.5 Å². The molecular formula is C29H38N2O2. The first-order valence-corrected chi connectivity index (χ1v) is 12.8. The minimum Gasteiger partial charge on any atom is -0.343 e. The predicted octanol–water partition coefficient (Wildman–Crippen LogP) is 5.64. The van der Waals surface area contributed by atoms with Crippen LogP contribution in [0.25, 0.3) is 0 Å². The molecule has 1 aliphatic heterocycles. The molecule has 1 saturated heterocycles. The molecule has 0 spiro atoms. The fourth-order valence-corrected chi connectivity index (χ4v) is 5.52. The third-order valence-corrected chi connectivity index (χ3v) is 7.64. The molecule has 0 aromatic heterocycles. The Balaban J connectivity index is 1.32. The summed E-state index contributed by atoms with van der Waals surface area (Å²) >= 11 is 0. The van der Waals surface area contributed by atoms with E-state index in [-0.39, 0.29) is 23.8 Å². The van der Waals surface area contributed by atoms with Gasteiger partial charge in [0.2, 0.25) is 11.8 Å². The maximum absolute atomic E-state index is 13.4. The van der Waals surface area contributed by atoms with E-state index in [0.29, 0.717) is 18.9 Å². The number of amides is 2. The molecule has 4 heteroatoms. The van der Waals surface area contributed by atoms with Crippen molar-refractivity contribution >= 4 is 11.8 Å². The van der Waals surface area contributed by atoms with Crippen molar-refractivity contribution in [2.75, 3.05) is 19.6 Å². The molecule has 176 valence electrons. The second-order valence-corrected chi connectivity index (χ2v) is 9.86. The summed E-state index contributed by atoms with van der Waals surface area (Å²) in [6.07, 6.45) is 7.89. The van der Waals surface area contributed by atoms with Gasteiger partial charge >= 0.3 is 0 Å². The van der Waals surface area contributed by atoms with Crippen molar-refractivity contribution in [1.29, 1.82) is 0 Å². The molecule has 4 nitrogen and oxygen atoms in total. The van der Waals surface area contributed by atoms with Crippen molar-refractivity contribution in [2.45, 2.75) is 64.3 Å². The number of likely N-dealkylation sites (tertiary alicyclic amines) is 1. The van der Waals surface area contributed by atoms with E-state index in [4.69, 9.17) is 0 Å². The Morgan fingerprint density at radius 1 is 0.909 bits per heavy atom. The van der Waals surface area contributed by atoms with Gasteiger partial charge in [0.15, 0.2) is 0 Å². The quantitative estimate of drug-likeness (QED) is 0.527. The summed E-state index contributed by atoms with van der Waals surface area (Å²) in [5.41, 5.74) is 2.52. The minimum atomic E-state index is -0.0105. The van der Waals surface area contributed by atoms with Crippen LogP contribution in [0.5, 0.6) is 0 Å². The molecule has 2 aromatic rings. The standard InChI is InChI=1S/C29H38N2O2/c1-23(26-12-6-3-7-13-26)31(29(33)27-14-8-9-15-27)21-18-28(32)30-19-16-25(17-20-30)22-24-10-4-2-5-11-24/h2-7,10-13,23,25,27H,8-9,14-22H2,1H3. The topological polar surface area (TPSA) is 40.6 Å². The van der Waals surface area contributed by atoms with Crippen LogP contribution in [0.1, 0.15) is 69.0 Å². The van der Waals surface area contributed by atoms with Crippen LogP contribution in [0.15, 0.2) is 60.7 Å². The zero-order chi connectivity index (χ0) is 23.0. The van der Waals surface area contributed by atoms with Crippen molar-refractivity contribution in [3.8, 4) is 0 Å². The van der Waals surface area contributed by atoms with Crippen molar-refractivity contribution in [2.24, 2.45) is 11.8 Å². The van der Waals surface area contributed by atoms with Gasteiger partial charge in [-0.3, -0.25) is 9.59 Å². The predicted molar refractivity (Wildman–Crippen MR) is 133 cm³/mol. The van der Waals surface area contributed by atoms with E-state index >= 15 is 0 Å². The molecule has 0 bridgehead atoms. The van der Waals surface area contributed by atoms with Gasteiger partial charge in [0.1, 0.15) is 0 Å². The fraction of sp³-hybridized carbons (Fsp3) is 0.517. The third-order valence-electron chi connectivity index (χ3n) is 7.64. The van der Waals surface area contributed by atoms with Crippen LogP contribution in [0.4, 0.5) is 0 Å². The number of nitrogens with zero attached hydrogens (tertiary/aromatic N) is 2. The lowest BCUT2D eigenvalue weighted by atomic mass is 9.90. The van der Waals surface area contributed by atoms with Crippen LogP contribution in [-0.4, -0.2) is 41.2 Å². The van der Waals surface area contributed by atoms with Gasteiger partial charge in [-0.15, -0.1) is 0 Å². The highest BCUT2D eigenvalue weighted by Crippen LogP contribution is 2.31. The molecule has 2 fully saturated rings. The molecular weight excluding hydrogens is 408 g/mol. The molecule has 1 heterocycles. The first kappa shape index (κ1) is 23.5. The molecule has 33 heavy (non-hydrogen) atoms. The molecule has 4 rings (SSSR count). The molecule has 2 aliphatic rings. The summed E-state index contributed by atoms with van der Waals surface area (Å²) in [5.74, 6) is 1.20. The van der Waals surface area contributed by atoms with E-state index in [2.05, 4.69) is 49.4 Å². The first-order valence-electron chi connectivity index (χ1n) is 12.8. The second-order valence-electron chi connectivity index (χ2n) is 9.86. The van der Waals surface area contributed by atoms with Crippen LogP contribution in [0.2, 0.25) is 0 Å². The van der Waals surface area contributed by atoms with Gasteiger partial charge in [0.25, 0.3) is 0 Å². The summed E-state index contributed by atoms with van der Waals surface area (Å²) in [6, 6.07) is 20.9. The summed E-state index contributed by atoms with van der Waals surface area (Å²) in [5, 5.41) is 0. The van der Waals surface area contributed by atoms with Crippen LogP contribution < -0.4 is 0 Å². The van der Waals surface area contributed by atoms with E-state index in [1.165, 1.54) is 5.56 Å². The summed E-state index contributed by atoms with van der Waals surface area (Å²) in [4.78, 5) is 30.4. The van der Waals surface area contributed by atoms with Gasteiger partial charge in [-0.2, -0.15) is 0 Å². The number of hydrogen-bond acceptors (Lipinski definition) is 2. The number of hydrogen-bond donors (Lipinski definition) is 0. The second kappa shape index (κ2) is 11.5. The maximum Gasteiger partial charge on any atom is 0.226 e. The van der Waals surface area contributed by atoms with Crippen LogP contribution in [-0.2, 0) is 16.0 Å². The van der Waals surface area contributed by atoms with Crippen LogP contribution >= 0.6 is 0 Å². The van der Waals surface area contributed by atoms with Crippen LogP contribution in [0.3, 0.4) is 0 Å². The number of carbonyl (C=O) groups excluding carboxylic acids is 2. The van der Waals surface area contributed by atoms with Gasteiger partial charge in [0.05, 0.1) is 6.04 Å². The van der Waals surface area contributed by atoms with Gasteiger partial charge in [0, 0.05) is 32.0 Å². The highest BCUT2D eigenvalue weighted by molar-refractivity contribution is 5.81. The van der Waals surface area contributed by atoms with Crippen molar-refractivity contribution in [1.82, 2.24) is 9.80 Å². The normalized spacial score (nSPS) is 18.3. The molecule has 1 saturated carbocycles. The van der Waals surface area contributed by atoms with E-state index in [1.807, 2.05) is 28.0 Å². The SMILES string of the molecule is CC(c1ccccc1)N(CCC(=O)N1CCC(Cc2ccccc2)CC1)C(=O)C1CCCC1. The molecule has 1 atom stereocenters. The number of carbonyl (C=O) groups is 2. The molecule has 0 radical (unpaired) electrons. The monoisotopic (exact) mass is 446 g/mol. The van der Waals surface area contributed by atoms with Crippen molar-refractivity contribution in [3.63, 3.8) is 0 Å². The van der Waals surface area contributed by atoms with E-state index in [1.54, 1.807) is 0 Å². The maximum atomic E-state index is 13.4.